The number of rotatable bonds is 3. The third-order valence-electron chi connectivity index (χ3n) is 3.83. The summed E-state index contributed by atoms with van der Waals surface area (Å²) in [7, 11) is 1.78. The number of nitriles is 1. The molecule has 114 valence electrons. The van der Waals surface area contributed by atoms with E-state index in [9.17, 15) is 4.79 Å². The van der Waals surface area contributed by atoms with Crippen LogP contribution < -0.4 is 0 Å². The van der Waals surface area contributed by atoms with E-state index in [2.05, 4.69) is 11.1 Å². The van der Waals surface area contributed by atoms with Crippen molar-refractivity contribution in [3.05, 3.63) is 64.7 Å². The van der Waals surface area contributed by atoms with Gasteiger partial charge in [-0.1, -0.05) is 12.1 Å². The Labute approximate surface area is 138 Å². The summed E-state index contributed by atoms with van der Waals surface area (Å²) in [5.41, 5.74) is 2.07. The number of fused-ring (bicyclic) bond motifs is 1. The molecule has 0 radical (unpaired) electrons. The maximum absolute atomic E-state index is 12.6. The number of benzene rings is 2. The molecule has 0 saturated carbocycles. The fourth-order valence-electron chi connectivity index (χ4n) is 2.30. The van der Waals surface area contributed by atoms with Crippen LogP contribution in [0.25, 0.3) is 10.2 Å². The van der Waals surface area contributed by atoms with Crippen LogP contribution in [0.4, 0.5) is 0 Å². The molecule has 0 unspecified atom stereocenters. The van der Waals surface area contributed by atoms with E-state index in [1.165, 1.54) is 0 Å². The second-order valence-electron chi connectivity index (χ2n) is 5.30. The average molecular weight is 321 g/mol. The SMILES string of the molecule is C[C@@H](c1nc2ccccc2s1)N(C)C(=O)c1ccc(C#N)cc1. The molecule has 4 nitrogen and oxygen atoms in total. The number of carbonyl (C=O) groups excluding carboxylic acids is 1. The first-order chi connectivity index (χ1) is 11.1. The Kier molecular flexibility index (Phi) is 4.09. The van der Waals surface area contributed by atoms with Gasteiger partial charge in [-0.25, -0.2) is 4.98 Å². The van der Waals surface area contributed by atoms with Gasteiger partial charge in [-0.3, -0.25) is 4.79 Å². The zero-order valence-corrected chi connectivity index (χ0v) is 13.7. The normalized spacial score (nSPS) is 11.9. The second-order valence-corrected chi connectivity index (χ2v) is 6.36. The number of hydrogen-bond donors (Lipinski definition) is 0. The van der Waals surface area contributed by atoms with Crippen molar-refractivity contribution in [2.24, 2.45) is 0 Å². The largest absolute Gasteiger partial charge is 0.333 e. The highest BCUT2D eigenvalue weighted by Crippen LogP contribution is 2.29. The van der Waals surface area contributed by atoms with Crippen molar-refractivity contribution in [2.75, 3.05) is 7.05 Å². The summed E-state index contributed by atoms with van der Waals surface area (Å²) in [6, 6.07) is 16.6. The Hall–Kier alpha value is -2.71. The smallest absolute Gasteiger partial charge is 0.254 e. The number of carbonyl (C=O) groups is 1. The van der Waals surface area contributed by atoms with Gasteiger partial charge in [-0.2, -0.15) is 5.26 Å². The Morgan fingerprint density at radius 1 is 1.22 bits per heavy atom. The number of thiazole rings is 1. The number of hydrogen-bond acceptors (Lipinski definition) is 4. The monoisotopic (exact) mass is 321 g/mol. The molecule has 23 heavy (non-hydrogen) atoms. The first kappa shape index (κ1) is 15.2. The highest BCUT2D eigenvalue weighted by Gasteiger charge is 2.21. The molecule has 1 heterocycles. The van der Waals surface area contributed by atoms with Crippen molar-refractivity contribution in [1.82, 2.24) is 9.88 Å². The zero-order chi connectivity index (χ0) is 16.4. The molecule has 1 aromatic heterocycles. The molecule has 1 amide bonds. The minimum atomic E-state index is -0.115. The molecule has 0 saturated heterocycles. The van der Waals surface area contributed by atoms with E-state index >= 15 is 0 Å². The number of nitrogens with zero attached hydrogens (tertiary/aromatic N) is 3. The summed E-state index contributed by atoms with van der Waals surface area (Å²) in [5.74, 6) is -0.0822. The first-order valence-corrected chi connectivity index (χ1v) is 8.04. The summed E-state index contributed by atoms with van der Waals surface area (Å²) < 4.78 is 1.12. The third kappa shape index (κ3) is 2.94. The second kappa shape index (κ2) is 6.19. The van der Waals surface area contributed by atoms with Crippen LogP contribution in [0.3, 0.4) is 0 Å². The predicted octanol–water partition coefficient (Wildman–Crippen LogP) is 4.00. The van der Waals surface area contributed by atoms with Crippen LogP contribution in [0.15, 0.2) is 48.5 Å². The van der Waals surface area contributed by atoms with Gasteiger partial charge in [0.05, 0.1) is 27.9 Å². The topological polar surface area (TPSA) is 57.0 Å². The summed E-state index contributed by atoms with van der Waals surface area (Å²) in [6.07, 6.45) is 0. The van der Waals surface area contributed by atoms with Crippen molar-refractivity contribution in [3.8, 4) is 6.07 Å². The molecule has 3 aromatic rings. The lowest BCUT2D eigenvalue weighted by Gasteiger charge is -2.23. The summed E-state index contributed by atoms with van der Waals surface area (Å²) in [6.45, 7) is 1.97. The van der Waals surface area contributed by atoms with Crippen LogP contribution in [0.1, 0.15) is 33.9 Å². The van der Waals surface area contributed by atoms with Crippen LogP contribution in [0.5, 0.6) is 0 Å². The molecular formula is C18H15N3OS. The van der Waals surface area contributed by atoms with Crippen molar-refractivity contribution >= 4 is 27.5 Å². The Morgan fingerprint density at radius 2 is 1.91 bits per heavy atom. The van der Waals surface area contributed by atoms with Gasteiger partial charge in [0.1, 0.15) is 5.01 Å². The van der Waals surface area contributed by atoms with E-state index in [4.69, 9.17) is 5.26 Å². The lowest BCUT2D eigenvalue weighted by molar-refractivity contribution is 0.0742. The molecule has 0 N–H and O–H groups in total. The Morgan fingerprint density at radius 3 is 2.57 bits per heavy atom. The highest BCUT2D eigenvalue weighted by molar-refractivity contribution is 7.18. The molecule has 2 aromatic carbocycles. The van der Waals surface area contributed by atoms with Crippen LogP contribution in [-0.2, 0) is 0 Å². The van der Waals surface area contributed by atoms with E-state index in [0.717, 1.165) is 15.2 Å². The van der Waals surface area contributed by atoms with E-state index in [-0.39, 0.29) is 11.9 Å². The fourth-order valence-corrected chi connectivity index (χ4v) is 3.36. The van der Waals surface area contributed by atoms with Gasteiger partial charge in [0.25, 0.3) is 5.91 Å². The van der Waals surface area contributed by atoms with Crippen molar-refractivity contribution in [2.45, 2.75) is 13.0 Å². The summed E-state index contributed by atoms with van der Waals surface area (Å²) in [5, 5.41) is 9.74. The quantitative estimate of drug-likeness (QED) is 0.732. The van der Waals surface area contributed by atoms with Crippen LogP contribution in [-0.4, -0.2) is 22.8 Å². The standard InChI is InChI=1S/C18H15N3OS/c1-12(17-20-15-5-3-4-6-16(15)23-17)21(2)18(22)14-9-7-13(11-19)8-10-14/h3-10,12H,1-2H3/t12-/m0/s1. The van der Waals surface area contributed by atoms with Gasteiger partial charge >= 0.3 is 0 Å². The lowest BCUT2D eigenvalue weighted by atomic mass is 10.1. The minimum Gasteiger partial charge on any atom is -0.333 e. The average Bonchev–Trinajstić information content (AvgIpc) is 3.04. The Balaban J connectivity index is 1.84. The lowest BCUT2D eigenvalue weighted by Crippen LogP contribution is -2.29. The molecule has 0 bridgehead atoms. The molecule has 3 rings (SSSR count). The van der Waals surface area contributed by atoms with E-state index in [1.54, 1.807) is 47.5 Å². The van der Waals surface area contributed by atoms with Gasteiger partial charge in [0.15, 0.2) is 0 Å². The highest BCUT2D eigenvalue weighted by atomic mass is 32.1. The molecule has 0 aliphatic carbocycles. The summed E-state index contributed by atoms with van der Waals surface area (Å²) in [4.78, 5) is 18.9. The van der Waals surface area contributed by atoms with Gasteiger partial charge in [0.2, 0.25) is 0 Å². The van der Waals surface area contributed by atoms with Crippen molar-refractivity contribution in [3.63, 3.8) is 0 Å². The number of aromatic nitrogens is 1. The van der Waals surface area contributed by atoms with Gasteiger partial charge < -0.3 is 4.90 Å². The molecule has 0 aliphatic heterocycles. The van der Waals surface area contributed by atoms with Crippen molar-refractivity contribution in [1.29, 1.82) is 5.26 Å². The maximum atomic E-state index is 12.6. The molecule has 0 spiro atoms. The number of amides is 1. The van der Waals surface area contributed by atoms with Gasteiger partial charge in [-0.15, -0.1) is 11.3 Å². The molecule has 1 atom stereocenters. The molecule has 0 fully saturated rings. The maximum Gasteiger partial charge on any atom is 0.254 e. The third-order valence-corrected chi connectivity index (χ3v) is 5.04. The predicted molar refractivity (Wildman–Crippen MR) is 91.3 cm³/mol. The molecule has 0 aliphatic rings. The van der Waals surface area contributed by atoms with Gasteiger partial charge in [0, 0.05) is 12.6 Å². The van der Waals surface area contributed by atoms with Crippen LogP contribution in [0.2, 0.25) is 0 Å². The van der Waals surface area contributed by atoms with E-state index in [1.807, 2.05) is 31.2 Å². The Bertz CT molecular complexity index is 860. The van der Waals surface area contributed by atoms with Crippen LogP contribution >= 0.6 is 11.3 Å². The van der Waals surface area contributed by atoms with Gasteiger partial charge in [-0.05, 0) is 43.3 Å². The van der Waals surface area contributed by atoms with Crippen molar-refractivity contribution < 1.29 is 4.79 Å². The molecular weight excluding hydrogens is 306 g/mol. The van der Waals surface area contributed by atoms with E-state index in [0.29, 0.717) is 11.1 Å². The first-order valence-electron chi connectivity index (χ1n) is 7.23. The van der Waals surface area contributed by atoms with Crippen LogP contribution in [0, 0.1) is 11.3 Å². The van der Waals surface area contributed by atoms with E-state index < -0.39 is 0 Å². The fraction of sp³-hybridized carbons (Fsp3) is 0.167. The minimum absolute atomic E-state index is 0.0822. The number of para-hydroxylation sites is 1. The summed E-state index contributed by atoms with van der Waals surface area (Å²) >= 11 is 1.60. The molecule has 5 heteroatoms. The zero-order valence-electron chi connectivity index (χ0n) is 12.9.